The Kier molecular flexibility index (Phi) is 9.71. The second kappa shape index (κ2) is 15.6. The number of nitrogens with zero attached hydrogens (tertiary/aromatic N) is 5. The van der Waals surface area contributed by atoms with Crippen LogP contribution in [0, 0.1) is 5.82 Å². The summed E-state index contributed by atoms with van der Waals surface area (Å²) in [6.07, 6.45) is 4.73. The number of amides is 4. The summed E-state index contributed by atoms with van der Waals surface area (Å²) in [6, 6.07) is 43.7. The summed E-state index contributed by atoms with van der Waals surface area (Å²) < 4.78 is 17.4. The SMILES string of the molecule is Cn1ccnc1-c1cc(NC(=O)NC2c3ccccc3-c3ccccc32)n(C)n1.O=C(Nc1cc(F)cnc1-c1ccccc1)NC1c2ccccc2-c2ccccc21. The van der Waals surface area contributed by atoms with Gasteiger partial charge in [0.1, 0.15) is 17.3 Å². The minimum Gasteiger partial charge on any atom is -0.333 e. The van der Waals surface area contributed by atoms with Crippen molar-refractivity contribution in [3.05, 3.63) is 186 Å². The molecule has 0 atom stereocenters. The largest absolute Gasteiger partial charge is 0.333 e. The quantitative estimate of drug-likeness (QED) is 0.134. The van der Waals surface area contributed by atoms with Crippen LogP contribution < -0.4 is 21.3 Å². The number of urea groups is 2. The Labute approximate surface area is 339 Å². The fraction of sp³-hybridized carbons (Fsp3) is 0.0851. The van der Waals surface area contributed by atoms with Gasteiger partial charge in [-0.1, -0.05) is 127 Å². The Morgan fingerprint density at radius 1 is 0.610 bits per heavy atom. The molecule has 2 aliphatic rings. The van der Waals surface area contributed by atoms with Crippen molar-refractivity contribution in [1.82, 2.24) is 34.9 Å². The first-order valence-electron chi connectivity index (χ1n) is 19.1. The number of halogens is 1. The van der Waals surface area contributed by atoms with Crippen LogP contribution in [0.4, 0.5) is 25.5 Å². The molecule has 8 aromatic rings. The first kappa shape index (κ1) is 36.8. The lowest BCUT2D eigenvalue weighted by Gasteiger charge is -2.17. The Morgan fingerprint density at radius 2 is 1.10 bits per heavy atom. The number of anilines is 2. The summed E-state index contributed by atoms with van der Waals surface area (Å²) in [5.41, 5.74) is 11.1. The van der Waals surface area contributed by atoms with Crippen LogP contribution in [-0.4, -0.2) is 36.4 Å². The number of fused-ring (bicyclic) bond motifs is 6. The van der Waals surface area contributed by atoms with Crippen molar-refractivity contribution in [2.75, 3.05) is 10.6 Å². The first-order chi connectivity index (χ1) is 28.8. The molecule has 0 radical (unpaired) electrons. The average Bonchev–Trinajstić information content (AvgIpc) is 4.01. The van der Waals surface area contributed by atoms with E-state index in [0.29, 0.717) is 22.9 Å². The van der Waals surface area contributed by atoms with Gasteiger partial charge in [-0.2, -0.15) is 5.10 Å². The van der Waals surface area contributed by atoms with Crippen molar-refractivity contribution in [2.24, 2.45) is 14.1 Å². The van der Waals surface area contributed by atoms with Gasteiger partial charge in [-0.3, -0.25) is 15.0 Å². The van der Waals surface area contributed by atoms with Crippen LogP contribution in [0.3, 0.4) is 0 Å². The molecule has 0 spiro atoms. The molecule has 0 saturated carbocycles. The van der Waals surface area contributed by atoms with Gasteiger partial charge in [0.2, 0.25) is 0 Å². The summed E-state index contributed by atoms with van der Waals surface area (Å²) in [6.45, 7) is 0. The number of benzene rings is 5. The lowest BCUT2D eigenvalue weighted by Crippen LogP contribution is -2.32. The lowest BCUT2D eigenvalue weighted by molar-refractivity contribution is 0.249. The van der Waals surface area contributed by atoms with Gasteiger partial charge in [-0.25, -0.2) is 19.0 Å². The molecule has 59 heavy (non-hydrogen) atoms. The second-order valence-corrected chi connectivity index (χ2v) is 14.2. The van der Waals surface area contributed by atoms with E-state index >= 15 is 0 Å². The van der Waals surface area contributed by atoms with Crippen molar-refractivity contribution >= 4 is 23.6 Å². The molecule has 10 rings (SSSR count). The zero-order valence-electron chi connectivity index (χ0n) is 32.1. The Hall–Kier alpha value is -7.86. The average molecular weight is 780 g/mol. The minimum atomic E-state index is -0.512. The fourth-order valence-electron chi connectivity index (χ4n) is 7.86. The van der Waals surface area contributed by atoms with E-state index in [9.17, 15) is 14.0 Å². The monoisotopic (exact) mass is 779 g/mol. The summed E-state index contributed by atoms with van der Waals surface area (Å²) in [5.74, 6) is 0.828. The van der Waals surface area contributed by atoms with E-state index in [1.165, 1.54) is 6.07 Å². The highest BCUT2D eigenvalue weighted by atomic mass is 19.1. The highest BCUT2D eigenvalue weighted by molar-refractivity contribution is 5.95. The molecule has 5 aromatic carbocycles. The summed E-state index contributed by atoms with van der Waals surface area (Å²) >= 11 is 0. The van der Waals surface area contributed by atoms with Gasteiger partial charge in [0, 0.05) is 44.2 Å². The molecule has 0 fully saturated rings. The van der Waals surface area contributed by atoms with Gasteiger partial charge in [-0.05, 0) is 44.5 Å². The molecule has 3 heterocycles. The van der Waals surface area contributed by atoms with Crippen LogP contribution in [0.25, 0.3) is 45.0 Å². The summed E-state index contributed by atoms with van der Waals surface area (Å²) in [5, 5.41) is 16.3. The van der Waals surface area contributed by atoms with E-state index in [4.69, 9.17) is 0 Å². The molecular weight excluding hydrogens is 742 g/mol. The van der Waals surface area contributed by atoms with Gasteiger partial charge in [0.05, 0.1) is 29.7 Å². The molecule has 290 valence electrons. The van der Waals surface area contributed by atoms with E-state index < -0.39 is 11.8 Å². The number of carbonyl (C=O) groups excluding carboxylic acids is 2. The number of imidazole rings is 1. The number of pyridine rings is 1. The highest BCUT2D eigenvalue weighted by Gasteiger charge is 2.31. The number of aryl methyl sites for hydroxylation is 2. The van der Waals surface area contributed by atoms with Crippen LogP contribution in [0.15, 0.2) is 158 Å². The standard InChI is InChI=1S/C25H18FN3O.C22H20N6O/c26-17-14-22(23(27-15-17)16-8-2-1-3-9-16)28-25(30)29-24-20-12-6-4-10-18(20)19-11-5-7-13-21(19)24;1-27-12-11-23-21(27)18-13-19(28(2)26-18)24-22(29)25-20-16-9-5-3-7-14(16)15-8-4-6-10-17(15)20/h1-15,24H,(H2,28,29,30);3-13,20H,1-2H3,(H2,24,25,29). The van der Waals surface area contributed by atoms with Crippen molar-refractivity contribution in [3.63, 3.8) is 0 Å². The van der Waals surface area contributed by atoms with Crippen molar-refractivity contribution in [1.29, 1.82) is 0 Å². The third-order valence-corrected chi connectivity index (χ3v) is 10.5. The topological polar surface area (TPSA) is 131 Å². The van der Waals surface area contributed by atoms with Gasteiger partial charge < -0.3 is 20.5 Å². The Balaban J connectivity index is 0.000000152. The second-order valence-electron chi connectivity index (χ2n) is 14.2. The maximum atomic E-state index is 13.9. The van der Waals surface area contributed by atoms with Crippen LogP contribution in [0.5, 0.6) is 0 Å². The fourth-order valence-corrected chi connectivity index (χ4v) is 7.86. The van der Waals surface area contributed by atoms with Crippen molar-refractivity contribution < 1.29 is 14.0 Å². The maximum Gasteiger partial charge on any atom is 0.321 e. The van der Waals surface area contributed by atoms with Crippen LogP contribution in [0.2, 0.25) is 0 Å². The molecule has 3 aromatic heterocycles. The number of nitrogens with one attached hydrogen (secondary N) is 4. The maximum absolute atomic E-state index is 13.9. The third-order valence-electron chi connectivity index (χ3n) is 10.5. The molecule has 4 amide bonds. The highest BCUT2D eigenvalue weighted by Crippen LogP contribution is 2.44. The summed E-state index contributed by atoms with van der Waals surface area (Å²) in [7, 11) is 3.70. The zero-order valence-corrected chi connectivity index (χ0v) is 32.1. The molecule has 0 aliphatic heterocycles. The zero-order chi connectivity index (χ0) is 40.5. The first-order valence-corrected chi connectivity index (χ1v) is 19.1. The number of aromatic nitrogens is 5. The molecule has 0 bridgehead atoms. The normalized spacial score (nSPS) is 12.3. The molecule has 12 heteroatoms. The Morgan fingerprint density at radius 3 is 1.61 bits per heavy atom. The van der Waals surface area contributed by atoms with E-state index in [-0.39, 0.29) is 18.1 Å². The smallest absolute Gasteiger partial charge is 0.321 e. The number of hydrogen-bond donors (Lipinski definition) is 4. The van der Waals surface area contributed by atoms with E-state index in [1.54, 1.807) is 17.9 Å². The van der Waals surface area contributed by atoms with Crippen LogP contribution in [0.1, 0.15) is 34.3 Å². The predicted molar refractivity (Wildman–Crippen MR) is 227 cm³/mol. The van der Waals surface area contributed by atoms with Gasteiger partial charge in [0.25, 0.3) is 0 Å². The minimum absolute atomic E-state index is 0.190. The predicted octanol–water partition coefficient (Wildman–Crippen LogP) is 9.49. The van der Waals surface area contributed by atoms with Crippen LogP contribution in [-0.2, 0) is 14.1 Å². The van der Waals surface area contributed by atoms with Crippen molar-refractivity contribution in [3.8, 4) is 45.0 Å². The molecular formula is C47H38FN9O2. The molecule has 0 unspecified atom stereocenters. The molecule has 2 aliphatic carbocycles. The van der Waals surface area contributed by atoms with Gasteiger partial charge >= 0.3 is 12.1 Å². The number of carbonyl (C=O) groups is 2. The van der Waals surface area contributed by atoms with Crippen LogP contribution >= 0.6 is 0 Å². The van der Waals surface area contributed by atoms with E-state index in [0.717, 1.165) is 62.1 Å². The lowest BCUT2D eigenvalue weighted by atomic mass is 10.1. The number of hydrogen-bond acceptors (Lipinski definition) is 5. The molecule has 11 nitrogen and oxygen atoms in total. The van der Waals surface area contributed by atoms with Gasteiger partial charge in [0.15, 0.2) is 5.82 Å². The molecule has 0 saturated heterocycles. The van der Waals surface area contributed by atoms with E-state index in [1.807, 2.05) is 115 Å². The summed E-state index contributed by atoms with van der Waals surface area (Å²) in [4.78, 5) is 34.2. The number of rotatable bonds is 6. The van der Waals surface area contributed by atoms with Gasteiger partial charge in [-0.15, -0.1) is 0 Å². The molecule has 4 N–H and O–H groups in total. The third kappa shape index (κ3) is 7.19. The Bertz CT molecular complexity index is 2760. The van der Waals surface area contributed by atoms with Crippen molar-refractivity contribution in [2.45, 2.75) is 12.1 Å². The van der Waals surface area contributed by atoms with E-state index in [2.05, 4.69) is 72.7 Å².